The van der Waals surface area contributed by atoms with Crippen molar-refractivity contribution in [3.63, 3.8) is 0 Å². The molecule has 0 aliphatic carbocycles. The van der Waals surface area contributed by atoms with Crippen LogP contribution in [0.5, 0.6) is 0 Å². The molecule has 8 nitrogen and oxygen atoms in total. The lowest BCUT2D eigenvalue weighted by Crippen LogP contribution is -2.52. The number of nitrogens with one attached hydrogen (secondary N) is 3. The first kappa shape index (κ1) is 28.4. The fourth-order valence-corrected chi connectivity index (χ4v) is 5.37. The average molecular weight is 531 g/mol. The number of nitrogens with zero attached hydrogens (tertiary/aromatic N) is 2. The third-order valence-corrected chi connectivity index (χ3v) is 7.79. The van der Waals surface area contributed by atoms with E-state index in [1.54, 1.807) is 0 Å². The van der Waals surface area contributed by atoms with E-state index in [9.17, 15) is 9.59 Å². The fourth-order valence-electron chi connectivity index (χ4n) is 5.37. The van der Waals surface area contributed by atoms with Gasteiger partial charge in [-0.1, -0.05) is 25.2 Å². The number of rotatable bonds is 9. The zero-order valence-corrected chi connectivity index (χ0v) is 23.8. The smallest absolute Gasteiger partial charge is 0.252 e. The minimum Gasteiger partial charge on any atom is -0.372 e. The highest BCUT2D eigenvalue weighted by Gasteiger charge is 2.23. The number of benzene rings is 1. The largest absolute Gasteiger partial charge is 0.372 e. The van der Waals surface area contributed by atoms with Gasteiger partial charge in [-0.25, -0.2) is 0 Å². The van der Waals surface area contributed by atoms with Gasteiger partial charge in [0.25, 0.3) is 5.91 Å². The van der Waals surface area contributed by atoms with Crippen molar-refractivity contribution in [3.05, 3.63) is 76.7 Å². The summed E-state index contributed by atoms with van der Waals surface area (Å²) in [6.45, 7) is 14.2. The van der Waals surface area contributed by atoms with E-state index < -0.39 is 5.91 Å². The number of amides is 2. The van der Waals surface area contributed by atoms with E-state index in [0.717, 1.165) is 65.8 Å². The van der Waals surface area contributed by atoms with Gasteiger partial charge < -0.3 is 26.3 Å². The Morgan fingerprint density at radius 2 is 2.00 bits per heavy atom. The standard InChI is InChI=1S/C31H42N6O2/c1-6-8-20(3)26(30(32)38)18-35-31(39)25-15-24(16-27-29(25)21(4)19-37(27)22(5)7-2)23-9-10-28(34-17-23)36-13-11-33-12-14-36/h6,8-10,15-17,19,22,28,33-34H,7,11-14,18H2,1-5H3,(H2,32,38)(H,35,39)/b8-6+,26-20-/t22-,28?/m0/s1. The topological polar surface area (TPSA) is 104 Å². The predicted octanol–water partition coefficient (Wildman–Crippen LogP) is 3.76. The van der Waals surface area contributed by atoms with Crippen LogP contribution in [0.4, 0.5) is 0 Å². The van der Waals surface area contributed by atoms with Crippen LogP contribution >= 0.6 is 0 Å². The highest BCUT2D eigenvalue weighted by molar-refractivity contribution is 6.09. The fraction of sp³-hybridized carbons (Fsp3) is 0.419. The maximum absolute atomic E-state index is 13.7. The van der Waals surface area contributed by atoms with Crippen LogP contribution in [0.3, 0.4) is 0 Å². The molecule has 2 aliphatic heterocycles. The van der Waals surface area contributed by atoms with Crippen LogP contribution in [-0.4, -0.2) is 60.2 Å². The van der Waals surface area contributed by atoms with Crippen LogP contribution in [0.1, 0.15) is 61.6 Å². The van der Waals surface area contributed by atoms with E-state index in [4.69, 9.17) is 5.73 Å². The van der Waals surface area contributed by atoms with Crippen molar-refractivity contribution >= 4 is 28.3 Å². The minimum absolute atomic E-state index is 0.0672. The van der Waals surface area contributed by atoms with Crippen molar-refractivity contribution in [2.45, 2.75) is 53.2 Å². The van der Waals surface area contributed by atoms with Crippen molar-refractivity contribution in [2.24, 2.45) is 5.73 Å². The monoisotopic (exact) mass is 530 g/mol. The number of fused-ring (bicyclic) bond motifs is 1. The van der Waals surface area contributed by atoms with Crippen LogP contribution in [0.2, 0.25) is 0 Å². The molecule has 2 amide bonds. The molecular weight excluding hydrogens is 488 g/mol. The van der Waals surface area contributed by atoms with Crippen LogP contribution in [-0.2, 0) is 4.79 Å². The molecular formula is C31H42N6O2. The summed E-state index contributed by atoms with van der Waals surface area (Å²) in [6, 6.07) is 4.42. The summed E-state index contributed by atoms with van der Waals surface area (Å²) < 4.78 is 2.26. The summed E-state index contributed by atoms with van der Waals surface area (Å²) in [7, 11) is 0. The highest BCUT2D eigenvalue weighted by atomic mass is 16.2. The number of hydrogen-bond donors (Lipinski definition) is 4. The van der Waals surface area contributed by atoms with Crippen LogP contribution in [0.25, 0.3) is 16.5 Å². The Labute approximate surface area is 231 Å². The second kappa shape index (κ2) is 12.5. The molecule has 208 valence electrons. The van der Waals surface area contributed by atoms with Gasteiger partial charge in [-0.2, -0.15) is 0 Å². The molecule has 39 heavy (non-hydrogen) atoms. The minimum atomic E-state index is -0.536. The SMILES string of the molecule is C/C=C/C(C)=C(/CNC(=O)c1cc(C2=CNC(N3CCNCC3)C=C2)cc2c1c(C)cn2[C@@H](C)CC)C(N)=O. The molecule has 0 spiro atoms. The molecule has 8 heteroatoms. The maximum atomic E-state index is 13.7. The van der Waals surface area contributed by atoms with E-state index in [1.807, 2.05) is 45.2 Å². The Morgan fingerprint density at radius 1 is 1.26 bits per heavy atom. The van der Waals surface area contributed by atoms with Crippen molar-refractivity contribution < 1.29 is 9.59 Å². The lowest BCUT2D eigenvalue weighted by molar-refractivity contribution is -0.114. The predicted molar refractivity (Wildman–Crippen MR) is 159 cm³/mol. The molecule has 5 N–H and O–H groups in total. The number of aromatic nitrogens is 1. The zero-order chi connectivity index (χ0) is 28.1. The number of carbonyl (C=O) groups is 2. The van der Waals surface area contributed by atoms with Gasteiger partial charge in [-0.05, 0) is 74.6 Å². The lowest BCUT2D eigenvalue weighted by atomic mass is 9.97. The van der Waals surface area contributed by atoms with Crippen molar-refractivity contribution in [2.75, 3.05) is 32.7 Å². The first-order chi connectivity index (χ1) is 18.7. The number of allylic oxidation sites excluding steroid dienone is 5. The Bertz CT molecular complexity index is 1360. The number of nitrogens with two attached hydrogens (primary N) is 1. The number of piperazine rings is 1. The van der Waals surface area contributed by atoms with Gasteiger partial charge in [0, 0.05) is 73.2 Å². The van der Waals surface area contributed by atoms with E-state index in [1.165, 1.54) is 0 Å². The van der Waals surface area contributed by atoms with Crippen molar-refractivity contribution in [3.8, 4) is 0 Å². The molecule has 1 aromatic carbocycles. The quantitative estimate of drug-likeness (QED) is 0.292. The van der Waals surface area contributed by atoms with E-state index in [2.05, 4.69) is 63.7 Å². The van der Waals surface area contributed by atoms with Gasteiger partial charge in [-0.3, -0.25) is 14.5 Å². The molecule has 1 fully saturated rings. The molecule has 0 saturated carbocycles. The second-order valence-corrected chi connectivity index (χ2v) is 10.5. The number of dihydropyridines is 1. The molecule has 2 aromatic rings. The molecule has 2 atom stereocenters. The lowest BCUT2D eigenvalue weighted by Gasteiger charge is -2.34. The van der Waals surface area contributed by atoms with Crippen LogP contribution in [0, 0.1) is 6.92 Å². The van der Waals surface area contributed by atoms with Crippen LogP contribution < -0.4 is 21.7 Å². The molecule has 4 rings (SSSR count). The summed E-state index contributed by atoms with van der Waals surface area (Å²) in [5, 5.41) is 10.8. The zero-order valence-electron chi connectivity index (χ0n) is 23.8. The Hall–Kier alpha value is -3.62. The average Bonchev–Trinajstić information content (AvgIpc) is 3.28. The molecule has 3 heterocycles. The van der Waals surface area contributed by atoms with Gasteiger partial charge in [0.15, 0.2) is 0 Å². The molecule has 1 saturated heterocycles. The summed E-state index contributed by atoms with van der Waals surface area (Å²) >= 11 is 0. The van der Waals surface area contributed by atoms with E-state index in [-0.39, 0.29) is 24.7 Å². The molecule has 2 aliphatic rings. The van der Waals surface area contributed by atoms with Gasteiger partial charge in [-0.15, -0.1) is 0 Å². The number of primary amides is 1. The van der Waals surface area contributed by atoms with Crippen LogP contribution in [0.15, 0.2) is 60.0 Å². The maximum Gasteiger partial charge on any atom is 0.252 e. The summed E-state index contributed by atoms with van der Waals surface area (Å²) in [5.41, 5.74) is 11.4. The molecule has 1 unspecified atom stereocenters. The van der Waals surface area contributed by atoms with E-state index >= 15 is 0 Å². The summed E-state index contributed by atoms with van der Waals surface area (Å²) in [4.78, 5) is 28.2. The molecule has 0 bridgehead atoms. The normalized spacial score (nSPS) is 19.5. The second-order valence-electron chi connectivity index (χ2n) is 10.5. The molecule has 0 radical (unpaired) electrons. The van der Waals surface area contributed by atoms with Gasteiger partial charge in [0.1, 0.15) is 0 Å². The highest BCUT2D eigenvalue weighted by Crippen LogP contribution is 2.33. The first-order valence-electron chi connectivity index (χ1n) is 13.9. The van der Waals surface area contributed by atoms with Crippen molar-refractivity contribution in [1.29, 1.82) is 0 Å². The number of hydrogen-bond acceptors (Lipinski definition) is 5. The first-order valence-corrected chi connectivity index (χ1v) is 13.9. The van der Waals surface area contributed by atoms with Gasteiger partial charge in [0.05, 0.1) is 6.17 Å². The Balaban J connectivity index is 1.71. The third kappa shape index (κ3) is 6.18. The Morgan fingerprint density at radius 3 is 2.62 bits per heavy atom. The molecule has 1 aromatic heterocycles. The van der Waals surface area contributed by atoms with Crippen molar-refractivity contribution in [1.82, 2.24) is 25.4 Å². The Kier molecular flexibility index (Phi) is 9.09. The number of aryl methyl sites for hydroxylation is 1. The number of carbonyl (C=O) groups excluding carboxylic acids is 2. The summed E-state index contributed by atoms with van der Waals surface area (Å²) in [6.07, 6.45) is 13.3. The summed E-state index contributed by atoms with van der Waals surface area (Å²) in [5.74, 6) is -0.766. The van der Waals surface area contributed by atoms with Gasteiger partial charge in [0.2, 0.25) is 5.91 Å². The van der Waals surface area contributed by atoms with Gasteiger partial charge >= 0.3 is 0 Å². The van der Waals surface area contributed by atoms with E-state index in [0.29, 0.717) is 11.1 Å². The third-order valence-electron chi connectivity index (χ3n) is 7.79.